The molecule has 0 saturated carbocycles. The van der Waals surface area contributed by atoms with Gasteiger partial charge in [0.2, 0.25) is 0 Å². The highest BCUT2D eigenvalue weighted by atomic mass is 79.9. The third-order valence-corrected chi connectivity index (χ3v) is 3.54. The molecule has 0 fully saturated rings. The van der Waals surface area contributed by atoms with Crippen molar-refractivity contribution in [3.05, 3.63) is 22.0 Å². The van der Waals surface area contributed by atoms with Crippen LogP contribution < -0.4 is 11.2 Å². The van der Waals surface area contributed by atoms with Crippen LogP contribution in [0, 0.1) is 0 Å². The fourth-order valence-electron chi connectivity index (χ4n) is 1.31. The van der Waals surface area contributed by atoms with Gasteiger partial charge in [-0.05, 0) is 39.6 Å². The molecule has 1 heterocycles. The van der Waals surface area contributed by atoms with Gasteiger partial charge < -0.3 is 15.8 Å². The quantitative estimate of drug-likeness (QED) is 0.534. The molecule has 0 radical (unpaired) electrons. The summed E-state index contributed by atoms with van der Waals surface area (Å²) >= 11 is 4.87. The van der Waals surface area contributed by atoms with E-state index in [0.29, 0.717) is 11.2 Å². The number of benzene rings is 1. The first kappa shape index (κ1) is 9.98. The highest BCUT2D eigenvalue weighted by Gasteiger charge is 2.14. The van der Waals surface area contributed by atoms with E-state index in [2.05, 4.69) is 15.9 Å². The van der Waals surface area contributed by atoms with E-state index < -0.39 is 7.12 Å². The normalized spacial score (nSPS) is 10.8. The maximum atomic E-state index is 9.01. The van der Waals surface area contributed by atoms with Crippen LogP contribution in [0.5, 0.6) is 0 Å². The zero-order valence-electron chi connectivity index (χ0n) is 7.07. The van der Waals surface area contributed by atoms with Crippen LogP contribution in [0.4, 0.5) is 5.69 Å². The molecule has 1 aromatic carbocycles. The molecule has 6 heteroatoms. The maximum Gasteiger partial charge on any atom is 0.488 e. The van der Waals surface area contributed by atoms with E-state index in [1.54, 1.807) is 12.1 Å². The average Bonchev–Trinajstić information content (AvgIpc) is 2.45. The molecule has 0 aliphatic carbocycles. The van der Waals surface area contributed by atoms with Gasteiger partial charge in [-0.15, -0.1) is 11.3 Å². The number of rotatable bonds is 1. The molecule has 0 aliphatic rings. The highest BCUT2D eigenvalue weighted by molar-refractivity contribution is 9.11. The summed E-state index contributed by atoms with van der Waals surface area (Å²) in [5.74, 6) is 0. The minimum atomic E-state index is -1.47. The monoisotopic (exact) mass is 271 g/mol. The van der Waals surface area contributed by atoms with Gasteiger partial charge in [0.15, 0.2) is 0 Å². The topological polar surface area (TPSA) is 66.5 Å². The van der Waals surface area contributed by atoms with Crippen molar-refractivity contribution in [1.82, 2.24) is 0 Å². The number of hydrogen-bond acceptors (Lipinski definition) is 4. The lowest BCUT2D eigenvalue weighted by molar-refractivity contribution is 0.426. The van der Waals surface area contributed by atoms with Gasteiger partial charge in [-0.3, -0.25) is 0 Å². The van der Waals surface area contributed by atoms with Crippen molar-refractivity contribution in [2.24, 2.45) is 0 Å². The van der Waals surface area contributed by atoms with E-state index >= 15 is 0 Å². The smallest absolute Gasteiger partial charge is 0.423 e. The SMILES string of the molecule is Nc1cc(B(O)O)cc2sc(Br)cc12. The molecule has 0 saturated heterocycles. The molecule has 2 rings (SSSR count). The standard InChI is InChI=1S/C8H7BBrNO2S/c10-8-3-5-6(11)1-4(9(12)13)2-7(5)14-8/h1-3,12-13H,11H2. The van der Waals surface area contributed by atoms with Crippen LogP contribution in [-0.4, -0.2) is 17.2 Å². The molecule has 14 heavy (non-hydrogen) atoms. The van der Waals surface area contributed by atoms with E-state index in [0.717, 1.165) is 13.9 Å². The fraction of sp³-hybridized carbons (Fsp3) is 0. The van der Waals surface area contributed by atoms with Gasteiger partial charge in [0.05, 0.1) is 3.79 Å². The van der Waals surface area contributed by atoms with Gasteiger partial charge in [0.1, 0.15) is 0 Å². The van der Waals surface area contributed by atoms with Crippen LogP contribution in [-0.2, 0) is 0 Å². The predicted molar refractivity (Wildman–Crippen MR) is 63.8 cm³/mol. The minimum Gasteiger partial charge on any atom is -0.423 e. The average molecular weight is 272 g/mol. The molecule has 1 aromatic heterocycles. The van der Waals surface area contributed by atoms with Gasteiger partial charge in [-0.25, -0.2) is 0 Å². The summed E-state index contributed by atoms with van der Waals surface area (Å²) in [6, 6.07) is 5.22. The summed E-state index contributed by atoms with van der Waals surface area (Å²) in [6.45, 7) is 0. The third-order valence-electron chi connectivity index (χ3n) is 1.96. The van der Waals surface area contributed by atoms with Gasteiger partial charge in [-0.1, -0.05) is 0 Å². The maximum absolute atomic E-state index is 9.01. The van der Waals surface area contributed by atoms with Crippen molar-refractivity contribution in [3.63, 3.8) is 0 Å². The Morgan fingerprint density at radius 1 is 1.29 bits per heavy atom. The van der Waals surface area contributed by atoms with E-state index in [1.165, 1.54) is 11.3 Å². The number of anilines is 1. The van der Waals surface area contributed by atoms with Gasteiger partial charge >= 0.3 is 7.12 Å². The van der Waals surface area contributed by atoms with Crippen molar-refractivity contribution in [2.75, 3.05) is 5.73 Å². The number of halogens is 1. The molecule has 0 atom stereocenters. The van der Waals surface area contributed by atoms with Gasteiger partial charge in [0.25, 0.3) is 0 Å². The molecule has 2 aromatic rings. The Hall–Kier alpha value is -0.555. The zero-order chi connectivity index (χ0) is 10.3. The lowest BCUT2D eigenvalue weighted by Gasteiger charge is -2.02. The molecule has 0 unspecified atom stereocenters. The summed E-state index contributed by atoms with van der Waals surface area (Å²) < 4.78 is 1.92. The molecule has 3 nitrogen and oxygen atoms in total. The molecule has 0 aliphatic heterocycles. The molecular formula is C8H7BBrNO2S. The Kier molecular flexibility index (Phi) is 2.53. The Labute approximate surface area is 93.4 Å². The largest absolute Gasteiger partial charge is 0.488 e. The molecule has 0 spiro atoms. The van der Waals surface area contributed by atoms with Crippen molar-refractivity contribution < 1.29 is 10.0 Å². The second-order valence-corrected chi connectivity index (χ2v) is 5.41. The van der Waals surface area contributed by atoms with Crippen LogP contribution >= 0.6 is 27.3 Å². The Morgan fingerprint density at radius 3 is 2.64 bits per heavy atom. The molecule has 72 valence electrons. The second kappa shape index (κ2) is 3.54. The molecule has 4 N–H and O–H groups in total. The first-order valence-electron chi connectivity index (χ1n) is 3.92. The Balaban J connectivity index is 2.71. The van der Waals surface area contributed by atoms with Crippen molar-refractivity contribution in [2.45, 2.75) is 0 Å². The van der Waals surface area contributed by atoms with E-state index in [1.807, 2.05) is 6.07 Å². The number of nitrogens with two attached hydrogens (primary N) is 1. The van der Waals surface area contributed by atoms with Crippen molar-refractivity contribution in [1.29, 1.82) is 0 Å². The summed E-state index contributed by atoms with van der Waals surface area (Å²) in [5.41, 5.74) is 6.76. The van der Waals surface area contributed by atoms with Gasteiger partial charge in [0, 0.05) is 15.8 Å². The minimum absolute atomic E-state index is 0.421. The van der Waals surface area contributed by atoms with Crippen molar-refractivity contribution in [3.8, 4) is 0 Å². The van der Waals surface area contributed by atoms with Crippen LogP contribution in [0.2, 0.25) is 0 Å². The fourth-order valence-corrected chi connectivity index (χ4v) is 2.93. The predicted octanol–water partition coefficient (Wildman–Crippen LogP) is 0.926. The van der Waals surface area contributed by atoms with Gasteiger partial charge in [-0.2, -0.15) is 0 Å². The third kappa shape index (κ3) is 1.66. The number of thiophene rings is 1. The Bertz CT molecular complexity index is 485. The lowest BCUT2D eigenvalue weighted by Crippen LogP contribution is -2.29. The van der Waals surface area contributed by atoms with E-state index in [4.69, 9.17) is 15.8 Å². The molecule has 0 amide bonds. The number of fused-ring (bicyclic) bond motifs is 1. The molecular weight excluding hydrogens is 265 g/mol. The number of hydrogen-bond donors (Lipinski definition) is 3. The van der Waals surface area contributed by atoms with Crippen LogP contribution in [0.25, 0.3) is 10.1 Å². The lowest BCUT2D eigenvalue weighted by atomic mass is 9.80. The van der Waals surface area contributed by atoms with Crippen LogP contribution in [0.3, 0.4) is 0 Å². The van der Waals surface area contributed by atoms with E-state index in [9.17, 15) is 0 Å². The first-order valence-corrected chi connectivity index (χ1v) is 5.53. The number of nitrogen functional groups attached to an aromatic ring is 1. The van der Waals surface area contributed by atoms with Crippen molar-refractivity contribution >= 4 is 55.6 Å². The second-order valence-electron chi connectivity index (χ2n) is 2.95. The summed E-state index contributed by atoms with van der Waals surface area (Å²) in [4.78, 5) is 0. The summed E-state index contributed by atoms with van der Waals surface area (Å²) in [6.07, 6.45) is 0. The summed E-state index contributed by atoms with van der Waals surface area (Å²) in [7, 11) is -1.47. The van der Waals surface area contributed by atoms with Crippen LogP contribution in [0.15, 0.2) is 22.0 Å². The molecule has 0 bridgehead atoms. The van der Waals surface area contributed by atoms with E-state index in [-0.39, 0.29) is 0 Å². The summed E-state index contributed by atoms with van der Waals surface area (Å²) in [5, 5.41) is 19.0. The van der Waals surface area contributed by atoms with Crippen LogP contribution in [0.1, 0.15) is 0 Å². The Morgan fingerprint density at radius 2 is 2.00 bits per heavy atom. The highest BCUT2D eigenvalue weighted by Crippen LogP contribution is 2.32. The zero-order valence-corrected chi connectivity index (χ0v) is 9.47. The first-order chi connectivity index (χ1) is 6.58.